The molecule has 9 nitrogen and oxygen atoms in total. The van der Waals surface area contributed by atoms with Crippen LogP contribution in [0.4, 0.5) is 0 Å². The van der Waals surface area contributed by atoms with E-state index in [1.807, 2.05) is 30.3 Å². The van der Waals surface area contributed by atoms with Crippen molar-refractivity contribution in [1.82, 2.24) is 20.1 Å². The Morgan fingerprint density at radius 2 is 1.46 bits per heavy atom. The lowest BCUT2D eigenvalue weighted by molar-refractivity contribution is 0.0845. The summed E-state index contributed by atoms with van der Waals surface area (Å²) in [4.78, 5) is 26.9. The van der Waals surface area contributed by atoms with Crippen LogP contribution in [-0.4, -0.2) is 60.7 Å². The van der Waals surface area contributed by atoms with Gasteiger partial charge in [-0.3, -0.25) is 25.3 Å². The number of nitrogens with zero attached hydrogens (tertiary/aromatic N) is 2. The molecule has 1 heterocycles. The molecular formula is C25H26N4O5S. The van der Waals surface area contributed by atoms with E-state index in [1.165, 1.54) is 46.3 Å². The number of amides is 2. The number of hydrogen-bond acceptors (Lipinski definition) is 6. The summed E-state index contributed by atoms with van der Waals surface area (Å²) in [5.41, 5.74) is 5.72. The van der Waals surface area contributed by atoms with Gasteiger partial charge in [-0.25, -0.2) is 8.42 Å². The molecule has 1 fully saturated rings. The predicted octanol–water partition coefficient (Wildman–Crippen LogP) is 1.97. The molecule has 3 aromatic rings. The number of aromatic hydroxyl groups is 1. The van der Waals surface area contributed by atoms with Crippen LogP contribution < -0.4 is 10.9 Å². The summed E-state index contributed by atoms with van der Waals surface area (Å²) >= 11 is 0. The lowest BCUT2D eigenvalue weighted by atomic mass is 10.2. The molecule has 4 rings (SSSR count). The van der Waals surface area contributed by atoms with Crippen LogP contribution in [0.25, 0.3) is 0 Å². The smallest absolute Gasteiger partial charge is 0.273 e. The van der Waals surface area contributed by atoms with E-state index in [0.29, 0.717) is 26.2 Å². The molecule has 0 saturated carbocycles. The van der Waals surface area contributed by atoms with E-state index < -0.39 is 21.8 Å². The van der Waals surface area contributed by atoms with Gasteiger partial charge in [0.05, 0.1) is 10.5 Å². The molecule has 1 saturated heterocycles. The summed E-state index contributed by atoms with van der Waals surface area (Å²) in [6, 6.07) is 21.6. The molecule has 0 unspecified atom stereocenters. The number of rotatable bonds is 6. The second-order valence-corrected chi connectivity index (χ2v) is 10.1. The van der Waals surface area contributed by atoms with Crippen LogP contribution in [0.5, 0.6) is 5.75 Å². The number of hydrogen-bond donors (Lipinski definition) is 3. The Morgan fingerprint density at radius 1 is 0.800 bits per heavy atom. The zero-order valence-electron chi connectivity index (χ0n) is 18.9. The molecule has 0 atom stereocenters. The van der Waals surface area contributed by atoms with Gasteiger partial charge >= 0.3 is 0 Å². The summed E-state index contributed by atoms with van der Waals surface area (Å²) in [5.74, 6) is -1.61. The number of phenolic OH excluding ortho intramolecular Hbond substituents is 1. The van der Waals surface area contributed by atoms with Gasteiger partial charge in [0.15, 0.2) is 0 Å². The number of hydrazine groups is 1. The van der Waals surface area contributed by atoms with Crippen molar-refractivity contribution in [3.8, 4) is 5.75 Å². The molecular weight excluding hydrogens is 468 g/mol. The minimum atomic E-state index is -3.79. The lowest BCUT2D eigenvalue weighted by Gasteiger charge is -2.34. The van der Waals surface area contributed by atoms with Gasteiger partial charge in [-0.1, -0.05) is 48.5 Å². The number of sulfonamides is 1. The topological polar surface area (TPSA) is 119 Å². The van der Waals surface area contributed by atoms with Gasteiger partial charge in [0, 0.05) is 38.3 Å². The summed E-state index contributed by atoms with van der Waals surface area (Å²) < 4.78 is 27.8. The highest BCUT2D eigenvalue weighted by Gasteiger charge is 2.29. The maximum absolute atomic E-state index is 13.2. The largest absolute Gasteiger partial charge is 0.507 e. The minimum Gasteiger partial charge on any atom is -0.507 e. The summed E-state index contributed by atoms with van der Waals surface area (Å²) in [6.07, 6.45) is 0. The molecule has 10 heteroatoms. The van der Waals surface area contributed by atoms with Gasteiger partial charge in [0.25, 0.3) is 11.8 Å². The van der Waals surface area contributed by atoms with E-state index in [2.05, 4.69) is 15.8 Å². The fraction of sp³-hybridized carbons (Fsp3) is 0.200. The average Bonchev–Trinajstić information content (AvgIpc) is 2.88. The van der Waals surface area contributed by atoms with Crippen molar-refractivity contribution in [2.45, 2.75) is 11.4 Å². The number of phenols is 1. The monoisotopic (exact) mass is 494 g/mol. The lowest BCUT2D eigenvalue weighted by Crippen LogP contribution is -2.48. The third-order valence-corrected chi connectivity index (χ3v) is 7.65. The molecule has 35 heavy (non-hydrogen) atoms. The van der Waals surface area contributed by atoms with Crippen molar-refractivity contribution in [2.24, 2.45) is 0 Å². The van der Waals surface area contributed by atoms with E-state index in [4.69, 9.17) is 0 Å². The maximum atomic E-state index is 13.2. The van der Waals surface area contributed by atoms with Crippen molar-refractivity contribution in [2.75, 3.05) is 26.2 Å². The van der Waals surface area contributed by atoms with E-state index in [-0.39, 0.29) is 21.8 Å². The van der Waals surface area contributed by atoms with E-state index >= 15 is 0 Å². The minimum absolute atomic E-state index is 0.00413. The first kappa shape index (κ1) is 24.4. The van der Waals surface area contributed by atoms with E-state index in [0.717, 1.165) is 6.54 Å². The molecule has 0 aliphatic carbocycles. The van der Waals surface area contributed by atoms with E-state index in [1.54, 1.807) is 12.1 Å². The van der Waals surface area contributed by atoms with Gasteiger partial charge < -0.3 is 5.11 Å². The molecule has 0 spiro atoms. The normalized spacial score (nSPS) is 14.9. The molecule has 3 N–H and O–H groups in total. The van der Waals surface area contributed by atoms with Gasteiger partial charge in [0.2, 0.25) is 10.0 Å². The maximum Gasteiger partial charge on any atom is 0.273 e. The molecule has 2 amide bonds. The number of para-hydroxylation sites is 1. The first-order valence-corrected chi connectivity index (χ1v) is 12.5. The number of piperazine rings is 1. The molecule has 0 aromatic heterocycles. The Balaban J connectivity index is 1.37. The SMILES string of the molecule is O=C(NNC(=O)c1ccccc1O)c1cccc(S(=O)(=O)N2CCN(Cc3ccccc3)CC2)c1. The zero-order chi connectivity index (χ0) is 24.8. The molecule has 3 aromatic carbocycles. The van der Waals surface area contributed by atoms with Gasteiger partial charge in [-0.15, -0.1) is 0 Å². The van der Waals surface area contributed by atoms with Crippen molar-refractivity contribution >= 4 is 21.8 Å². The second kappa shape index (κ2) is 10.7. The first-order chi connectivity index (χ1) is 16.8. The Hall–Kier alpha value is -3.73. The van der Waals surface area contributed by atoms with Crippen molar-refractivity contribution in [1.29, 1.82) is 0 Å². The summed E-state index contributed by atoms with van der Waals surface area (Å²) in [5, 5.41) is 9.76. The number of carbonyl (C=O) groups excluding carboxylic acids is 2. The van der Waals surface area contributed by atoms with Gasteiger partial charge in [0.1, 0.15) is 5.75 Å². The average molecular weight is 495 g/mol. The highest BCUT2D eigenvalue weighted by Crippen LogP contribution is 2.20. The highest BCUT2D eigenvalue weighted by molar-refractivity contribution is 7.89. The first-order valence-electron chi connectivity index (χ1n) is 11.1. The molecule has 1 aliphatic heterocycles. The fourth-order valence-corrected chi connectivity index (χ4v) is 5.30. The number of benzene rings is 3. The zero-order valence-corrected chi connectivity index (χ0v) is 19.7. The molecule has 0 bridgehead atoms. The molecule has 0 radical (unpaired) electrons. The second-order valence-electron chi connectivity index (χ2n) is 8.12. The van der Waals surface area contributed by atoms with Crippen LogP contribution in [0.3, 0.4) is 0 Å². The Labute approximate surface area is 204 Å². The number of nitrogens with one attached hydrogen (secondary N) is 2. The van der Waals surface area contributed by atoms with Crippen LogP contribution in [-0.2, 0) is 16.6 Å². The third kappa shape index (κ3) is 5.86. The van der Waals surface area contributed by atoms with Crippen LogP contribution in [0.1, 0.15) is 26.3 Å². The highest BCUT2D eigenvalue weighted by atomic mass is 32.2. The third-order valence-electron chi connectivity index (χ3n) is 5.75. The molecule has 182 valence electrons. The van der Waals surface area contributed by atoms with Crippen molar-refractivity contribution in [3.63, 3.8) is 0 Å². The summed E-state index contributed by atoms with van der Waals surface area (Å²) in [7, 11) is -3.79. The molecule has 1 aliphatic rings. The number of carbonyl (C=O) groups is 2. The standard InChI is InChI=1S/C25H26N4O5S/c30-23-12-5-4-11-22(23)25(32)27-26-24(31)20-9-6-10-21(17-20)35(33,34)29-15-13-28(14-16-29)18-19-7-2-1-3-8-19/h1-12,17,30H,13-16,18H2,(H,26,31)(H,27,32). The van der Waals surface area contributed by atoms with E-state index in [9.17, 15) is 23.1 Å². The Bertz CT molecular complexity index is 1310. The quantitative estimate of drug-likeness (QED) is 0.451. The van der Waals surface area contributed by atoms with Crippen molar-refractivity contribution < 1.29 is 23.1 Å². The van der Waals surface area contributed by atoms with Crippen LogP contribution in [0, 0.1) is 0 Å². The Kier molecular flexibility index (Phi) is 7.45. The summed E-state index contributed by atoms with van der Waals surface area (Å²) in [6.45, 7) is 2.67. The van der Waals surface area contributed by atoms with Gasteiger partial charge in [-0.05, 0) is 35.9 Å². The Morgan fingerprint density at radius 3 is 2.17 bits per heavy atom. The van der Waals surface area contributed by atoms with Gasteiger partial charge in [-0.2, -0.15) is 4.31 Å². The van der Waals surface area contributed by atoms with Crippen molar-refractivity contribution in [3.05, 3.63) is 95.6 Å². The fourth-order valence-electron chi connectivity index (χ4n) is 3.84. The van der Waals surface area contributed by atoms with Crippen LogP contribution in [0.2, 0.25) is 0 Å². The predicted molar refractivity (Wildman–Crippen MR) is 130 cm³/mol. The van der Waals surface area contributed by atoms with Crippen LogP contribution >= 0.6 is 0 Å². The van der Waals surface area contributed by atoms with Crippen LogP contribution in [0.15, 0.2) is 83.8 Å².